The summed E-state index contributed by atoms with van der Waals surface area (Å²) in [5.41, 5.74) is 2.31. The molecule has 0 saturated heterocycles. The maximum atomic E-state index is 13.4. The maximum absolute atomic E-state index is 13.4. The summed E-state index contributed by atoms with van der Waals surface area (Å²) in [7, 11) is 2.00. The fourth-order valence-corrected chi connectivity index (χ4v) is 6.79. The Hall–Kier alpha value is -4.40. The lowest BCUT2D eigenvalue weighted by molar-refractivity contribution is 0.0528. The van der Waals surface area contributed by atoms with E-state index in [2.05, 4.69) is 30.6 Å². The third kappa shape index (κ3) is 5.18. The first-order valence-corrected chi connectivity index (χ1v) is 15.4. The highest BCUT2D eigenvalue weighted by molar-refractivity contribution is 6.26. The monoisotopic (exact) mass is 590 g/mol. The Kier molecular flexibility index (Phi) is 8.05. The Labute approximate surface area is 257 Å². The second-order valence-electron chi connectivity index (χ2n) is 12.2. The van der Waals surface area contributed by atoms with Gasteiger partial charge < -0.3 is 4.90 Å². The van der Waals surface area contributed by atoms with Gasteiger partial charge in [-0.05, 0) is 82.4 Å². The predicted octanol–water partition coefficient (Wildman–Crippen LogP) is 5.31. The van der Waals surface area contributed by atoms with Gasteiger partial charge in [0, 0.05) is 64.7 Å². The lowest BCUT2D eigenvalue weighted by atomic mass is 9.94. The standard InChI is InChI=1S/C36H38N4O4/c1-23(2)38(24(3)22-40-35(43)29-16-7-12-26-13-8-17-30(32(26)29)36(40)44)19-9-18-37(4)20-21-39-33(41)27-14-5-10-25-11-6-15-28(31(25)27)34(39)42/h5-8,10-17,23-24H,9,18-22H2,1-4H3. The molecule has 4 amide bonds. The van der Waals surface area contributed by atoms with Gasteiger partial charge in [0.2, 0.25) is 0 Å². The van der Waals surface area contributed by atoms with E-state index in [-0.39, 0.29) is 35.7 Å². The minimum atomic E-state index is -0.242. The van der Waals surface area contributed by atoms with Crippen LogP contribution in [0.15, 0.2) is 72.8 Å². The van der Waals surface area contributed by atoms with Gasteiger partial charge in [-0.2, -0.15) is 0 Å². The lowest BCUT2D eigenvalue weighted by Gasteiger charge is -2.37. The average molecular weight is 591 g/mol. The smallest absolute Gasteiger partial charge is 0.261 e. The summed E-state index contributed by atoms with van der Waals surface area (Å²) in [6.07, 6.45) is 0.854. The Balaban J connectivity index is 1.05. The molecule has 1 unspecified atom stereocenters. The van der Waals surface area contributed by atoms with Gasteiger partial charge in [-0.25, -0.2) is 0 Å². The van der Waals surface area contributed by atoms with Gasteiger partial charge in [0.15, 0.2) is 0 Å². The Morgan fingerprint density at radius 1 is 0.591 bits per heavy atom. The minimum Gasteiger partial charge on any atom is -0.305 e. The fraction of sp³-hybridized carbons (Fsp3) is 0.333. The molecule has 1 atom stereocenters. The van der Waals surface area contributed by atoms with Crippen molar-refractivity contribution < 1.29 is 19.2 Å². The first kappa shape index (κ1) is 29.7. The van der Waals surface area contributed by atoms with Gasteiger partial charge in [0.1, 0.15) is 0 Å². The number of rotatable bonds is 11. The summed E-state index contributed by atoms with van der Waals surface area (Å²) in [4.78, 5) is 60.6. The second-order valence-corrected chi connectivity index (χ2v) is 12.2. The van der Waals surface area contributed by atoms with Crippen molar-refractivity contribution in [2.45, 2.75) is 39.3 Å². The van der Waals surface area contributed by atoms with Crippen molar-refractivity contribution >= 4 is 45.2 Å². The van der Waals surface area contributed by atoms with Gasteiger partial charge >= 0.3 is 0 Å². The second kappa shape index (κ2) is 11.9. The zero-order chi connectivity index (χ0) is 31.1. The molecule has 8 nitrogen and oxygen atoms in total. The van der Waals surface area contributed by atoms with Gasteiger partial charge in [0.05, 0.1) is 0 Å². The molecule has 0 saturated carbocycles. The van der Waals surface area contributed by atoms with Gasteiger partial charge in [-0.1, -0.05) is 48.5 Å². The van der Waals surface area contributed by atoms with E-state index in [4.69, 9.17) is 0 Å². The van der Waals surface area contributed by atoms with E-state index in [0.717, 1.165) is 41.1 Å². The van der Waals surface area contributed by atoms with Crippen molar-refractivity contribution in [2.24, 2.45) is 0 Å². The number of carbonyl (C=O) groups is 4. The first-order chi connectivity index (χ1) is 21.2. The molecule has 0 fully saturated rings. The Morgan fingerprint density at radius 2 is 1.02 bits per heavy atom. The van der Waals surface area contributed by atoms with Crippen molar-refractivity contribution in [1.29, 1.82) is 0 Å². The molecule has 0 spiro atoms. The van der Waals surface area contributed by atoms with Crippen LogP contribution < -0.4 is 0 Å². The van der Waals surface area contributed by atoms with Crippen LogP contribution in [0.2, 0.25) is 0 Å². The number of hydrogen-bond acceptors (Lipinski definition) is 6. The molecule has 0 aliphatic carbocycles. The van der Waals surface area contributed by atoms with E-state index >= 15 is 0 Å². The van der Waals surface area contributed by atoms with E-state index < -0.39 is 0 Å². The van der Waals surface area contributed by atoms with Crippen molar-refractivity contribution in [3.63, 3.8) is 0 Å². The number of amides is 4. The van der Waals surface area contributed by atoms with Crippen LogP contribution in [0.25, 0.3) is 21.5 Å². The van der Waals surface area contributed by atoms with E-state index in [1.54, 1.807) is 24.3 Å². The molecule has 0 aromatic heterocycles. The third-order valence-corrected chi connectivity index (χ3v) is 9.05. The molecule has 0 N–H and O–H groups in total. The molecular weight excluding hydrogens is 552 g/mol. The molecule has 226 valence electrons. The Bertz CT molecular complexity index is 1700. The van der Waals surface area contributed by atoms with Crippen LogP contribution in [0.3, 0.4) is 0 Å². The quantitative estimate of drug-likeness (QED) is 0.221. The first-order valence-electron chi connectivity index (χ1n) is 15.4. The molecule has 0 bridgehead atoms. The summed E-state index contributed by atoms with van der Waals surface area (Å²) in [6, 6.07) is 22.5. The van der Waals surface area contributed by atoms with Crippen LogP contribution in [-0.4, -0.2) is 95.1 Å². The fourth-order valence-electron chi connectivity index (χ4n) is 6.79. The molecule has 0 radical (unpaired) electrons. The van der Waals surface area contributed by atoms with Crippen LogP contribution in [0.5, 0.6) is 0 Å². The zero-order valence-corrected chi connectivity index (χ0v) is 25.7. The highest BCUT2D eigenvalue weighted by Crippen LogP contribution is 2.31. The molecule has 2 aliphatic rings. The van der Waals surface area contributed by atoms with E-state index in [9.17, 15) is 19.2 Å². The van der Waals surface area contributed by atoms with Gasteiger partial charge in [0.25, 0.3) is 23.6 Å². The summed E-state index contributed by atoms with van der Waals surface area (Å²) >= 11 is 0. The van der Waals surface area contributed by atoms with Crippen molar-refractivity contribution in [1.82, 2.24) is 19.6 Å². The van der Waals surface area contributed by atoms with Crippen LogP contribution in [0.1, 0.15) is 68.6 Å². The molecule has 4 aromatic carbocycles. The average Bonchev–Trinajstić information content (AvgIpc) is 3.02. The molecule has 44 heavy (non-hydrogen) atoms. The highest BCUT2D eigenvalue weighted by Gasteiger charge is 2.35. The van der Waals surface area contributed by atoms with Crippen LogP contribution in [0, 0.1) is 0 Å². The van der Waals surface area contributed by atoms with Crippen molar-refractivity contribution in [3.05, 3.63) is 95.1 Å². The summed E-state index contributed by atoms with van der Waals surface area (Å²) in [6.45, 7) is 9.06. The van der Waals surface area contributed by atoms with Crippen LogP contribution in [-0.2, 0) is 0 Å². The number of likely N-dealkylation sites (N-methyl/N-ethyl adjacent to an activating group) is 1. The Morgan fingerprint density at radius 3 is 1.45 bits per heavy atom. The summed E-state index contributed by atoms with van der Waals surface area (Å²) < 4.78 is 0. The van der Waals surface area contributed by atoms with Gasteiger partial charge in [-0.3, -0.25) is 33.9 Å². The van der Waals surface area contributed by atoms with E-state index in [1.807, 2.05) is 55.6 Å². The molecule has 6 rings (SSSR count). The number of imide groups is 2. The molecule has 4 aromatic rings. The minimum absolute atomic E-state index is 0.0379. The zero-order valence-electron chi connectivity index (χ0n) is 25.7. The van der Waals surface area contributed by atoms with E-state index in [0.29, 0.717) is 41.9 Å². The van der Waals surface area contributed by atoms with Gasteiger partial charge in [-0.15, -0.1) is 0 Å². The summed E-state index contributed by atoms with van der Waals surface area (Å²) in [5.74, 6) is -0.966. The lowest BCUT2D eigenvalue weighted by Crippen LogP contribution is -2.50. The number of carbonyl (C=O) groups excluding carboxylic acids is 4. The molecular formula is C36H38N4O4. The number of nitrogens with zero attached hydrogens (tertiary/aromatic N) is 4. The van der Waals surface area contributed by atoms with E-state index in [1.165, 1.54) is 9.80 Å². The predicted molar refractivity (Wildman–Crippen MR) is 172 cm³/mol. The third-order valence-electron chi connectivity index (χ3n) is 9.05. The normalized spacial score (nSPS) is 15.5. The molecule has 2 heterocycles. The number of benzene rings is 4. The maximum Gasteiger partial charge on any atom is 0.261 e. The van der Waals surface area contributed by atoms with Crippen LogP contribution in [0.4, 0.5) is 0 Å². The number of hydrogen-bond donors (Lipinski definition) is 0. The van der Waals surface area contributed by atoms with Crippen molar-refractivity contribution in [2.75, 3.05) is 39.8 Å². The topological polar surface area (TPSA) is 81.2 Å². The highest BCUT2D eigenvalue weighted by atomic mass is 16.2. The summed E-state index contributed by atoms with van der Waals surface area (Å²) in [5, 5.41) is 3.29. The largest absolute Gasteiger partial charge is 0.305 e. The molecule has 8 heteroatoms. The molecule has 2 aliphatic heterocycles. The van der Waals surface area contributed by atoms with Crippen molar-refractivity contribution in [3.8, 4) is 0 Å². The SMILES string of the molecule is CC(C)N(CCCN(C)CCN1C(=O)c2cccc3cccc(c23)C1=O)C(C)CN1C(=O)c2cccc3cccc(c23)C1=O. The van der Waals surface area contributed by atoms with Crippen LogP contribution >= 0.6 is 0 Å².